The molecule has 1 aliphatic carbocycles. The van der Waals surface area contributed by atoms with Gasteiger partial charge in [-0.15, -0.1) is 0 Å². The monoisotopic (exact) mass is 289 g/mol. The summed E-state index contributed by atoms with van der Waals surface area (Å²) in [4.78, 5) is 4.30. The van der Waals surface area contributed by atoms with Gasteiger partial charge >= 0.3 is 0 Å². The van der Waals surface area contributed by atoms with Gasteiger partial charge in [-0.25, -0.2) is 0 Å². The Balaban J connectivity index is 1.68. The van der Waals surface area contributed by atoms with Crippen molar-refractivity contribution in [2.75, 3.05) is 20.7 Å². The normalized spacial score (nSPS) is 21.0. The van der Waals surface area contributed by atoms with Crippen molar-refractivity contribution in [1.29, 1.82) is 0 Å². The van der Waals surface area contributed by atoms with Crippen molar-refractivity contribution in [3.63, 3.8) is 0 Å². The van der Waals surface area contributed by atoms with Gasteiger partial charge in [-0.1, -0.05) is 25.5 Å². The van der Waals surface area contributed by atoms with E-state index >= 15 is 0 Å². The number of methoxy groups -OCH3 is 1. The van der Waals surface area contributed by atoms with Crippen LogP contribution in [-0.2, 0) is 6.42 Å². The van der Waals surface area contributed by atoms with E-state index in [-0.39, 0.29) is 0 Å². The van der Waals surface area contributed by atoms with Crippen LogP contribution in [0.2, 0.25) is 0 Å². The van der Waals surface area contributed by atoms with E-state index in [1.807, 2.05) is 19.2 Å². The molecule has 1 aliphatic rings. The summed E-state index contributed by atoms with van der Waals surface area (Å²) >= 11 is 0. The van der Waals surface area contributed by atoms with E-state index in [4.69, 9.17) is 4.74 Å². The van der Waals surface area contributed by atoms with E-state index < -0.39 is 0 Å². The van der Waals surface area contributed by atoms with Gasteiger partial charge in [-0.2, -0.15) is 0 Å². The molecule has 1 aromatic rings. The summed E-state index contributed by atoms with van der Waals surface area (Å²) in [7, 11) is 3.52. The van der Waals surface area contributed by atoms with Gasteiger partial charge in [0.05, 0.1) is 7.11 Å². The van der Waals surface area contributed by atoms with Crippen LogP contribution in [0, 0.1) is 5.92 Å². The minimum Gasteiger partial charge on any atom is -0.497 e. The predicted octanol–water partition coefficient (Wildman–Crippen LogP) is 2.59. The predicted molar refractivity (Wildman–Crippen MR) is 88.0 cm³/mol. The van der Waals surface area contributed by atoms with E-state index in [1.165, 1.54) is 24.8 Å². The largest absolute Gasteiger partial charge is 0.497 e. The quantitative estimate of drug-likeness (QED) is 0.599. The average Bonchev–Trinajstić information content (AvgIpc) is 3.25. The molecule has 1 aromatic carbocycles. The molecule has 1 saturated carbocycles. The third-order valence-corrected chi connectivity index (χ3v) is 3.99. The van der Waals surface area contributed by atoms with Crippen LogP contribution in [0.3, 0.4) is 0 Å². The Morgan fingerprint density at radius 3 is 2.71 bits per heavy atom. The van der Waals surface area contributed by atoms with Gasteiger partial charge < -0.3 is 15.4 Å². The molecule has 0 saturated heterocycles. The second-order valence-electron chi connectivity index (χ2n) is 5.63. The molecule has 0 aliphatic heterocycles. The number of rotatable bonds is 7. The lowest BCUT2D eigenvalue weighted by molar-refractivity contribution is 0.414. The van der Waals surface area contributed by atoms with E-state index in [0.29, 0.717) is 6.04 Å². The number of hydrogen-bond donors (Lipinski definition) is 2. The molecule has 1 fully saturated rings. The van der Waals surface area contributed by atoms with Crippen LogP contribution < -0.4 is 15.4 Å². The summed E-state index contributed by atoms with van der Waals surface area (Å²) in [5.41, 5.74) is 1.30. The van der Waals surface area contributed by atoms with E-state index in [1.54, 1.807) is 7.11 Å². The highest BCUT2D eigenvalue weighted by molar-refractivity contribution is 5.80. The van der Waals surface area contributed by atoms with E-state index in [9.17, 15) is 0 Å². The number of nitrogens with one attached hydrogen (secondary N) is 2. The Bertz CT molecular complexity index is 456. The zero-order valence-corrected chi connectivity index (χ0v) is 13.4. The second kappa shape index (κ2) is 7.91. The molecule has 2 atom stereocenters. The number of ether oxygens (including phenoxy) is 1. The van der Waals surface area contributed by atoms with Gasteiger partial charge in [0.25, 0.3) is 0 Å². The number of aliphatic imine (C=N–C) groups is 1. The summed E-state index contributed by atoms with van der Waals surface area (Å²) in [5, 5.41) is 6.89. The van der Waals surface area contributed by atoms with E-state index in [0.717, 1.165) is 30.6 Å². The fourth-order valence-corrected chi connectivity index (χ4v) is 2.60. The van der Waals surface area contributed by atoms with Crippen molar-refractivity contribution in [3.05, 3.63) is 29.8 Å². The van der Waals surface area contributed by atoms with Crippen LogP contribution in [0.25, 0.3) is 0 Å². The smallest absolute Gasteiger partial charge is 0.191 e. The molecule has 2 unspecified atom stereocenters. The molecule has 0 radical (unpaired) electrons. The number of hydrogen-bond acceptors (Lipinski definition) is 2. The molecule has 2 N–H and O–H groups in total. The first-order valence-corrected chi connectivity index (χ1v) is 7.87. The van der Waals surface area contributed by atoms with Crippen molar-refractivity contribution >= 4 is 5.96 Å². The Morgan fingerprint density at radius 1 is 1.33 bits per heavy atom. The van der Waals surface area contributed by atoms with Crippen LogP contribution in [0.5, 0.6) is 5.75 Å². The van der Waals surface area contributed by atoms with Gasteiger partial charge in [0.2, 0.25) is 0 Å². The summed E-state index contributed by atoms with van der Waals surface area (Å²) < 4.78 is 5.17. The molecular formula is C17H27N3O. The molecule has 2 rings (SSSR count). The summed E-state index contributed by atoms with van der Waals surface area (Å²) in [6, 6.07) is 8.84. The van der Waals surface area contributed by atoms with E-state index in [2.05, 4.69) is 34.7 Å². The maximum atomic E-state index is 5.17. The molecule has 0 spiro atoms. The fourth-order valence-electron chi connectivity index (χ4n) is 2.60. The van der Waals surface area contributed by atoms with Crippen molar-refractivity contribution in [2.24, 2.45) is 10.9 Å². The second-order valence-corrected chi connectivity index (χ2v) is 5.63. The topological polar surface area (TPSA) is 45.7 Å². The Hall–Kier alpha value is -1.71. The lowest BCUT2D eigenvalue weighted by atomic mass is 10.1. The number of benzene rings is 1. The zero-order chi connectivity index (χ0) is 15.1. The van der Waals surface area contributed by atoms with Crippen molar-refractivity contribution in [1.82, 2.24) is 10.6 Å². The third-order valence-electron chi connectivity index (χ3n) is 3.99. The van der Waals surface area contributed by atoms with Gasteiger partial charge in [-0.3, -0.25) is 4.99 Å². The van der Waals surface area contributed by atoms with Gasteiger partial charge in [-0.05, 0) is 42.9 Å². The van der Waals surface area contributed by atoms with Crippen LogP contribution in [0.15, 0.2) is 29.3 Å². The van der Waals surface area contributed by atoms with Crippen LogP contribution in [-0.4, -0.2) is 32.7 Å². The standard InChI is InChI=1S/C17H27N3O/c1-4-5-14-12-16(14)20-17(18-2)19-11-10-13-6-8-15(21-3)9-7-13/h6-9,14,16H,4-5,10-12H2,1-3H3,(H2,18,19,20). The molecule has 0 bridgehead atoms. The minimum atomic E-state index is 0.622. The third kappa shape index (κ3) is 4.96. The van der Waals surface area contributed by atoms with Crippen LogP contribution in [0.1, 0.15) is 31.7 Å². The van der Waals surface area contributed by atoms with Gasteiger partial charge in [0.1, 0.15) is 5.75 Å². The lowest BCUT2D eigenvalue weighted by Crippen LogP contribution is -2.40. The van der Waals surface area contributed by atoms with Crippen LogP contribution in [0.4, 0.5) is 0 Å². The zero-order valence-electron chi connectivity index (χ0n) is 13.4. The lowest BCUT2D eigenvalue weighted by Gasteiger charge is -2.12. The summed E-state index contributed by atoms with van der Waals surface area (Å²) in [6.45, 7) is 3.13. The van der Waals surface area contributed by atoms with Gasteiger partial charge in [0, 0.05) is 19.6 Å². The minimum absolute atomic E-state index is 0.622. The summed E-state index contributed by atoms with van der Waals surface area (Å²) in [5.74, 6) is 2.67. The fraction of sp³-hybridized carbons (Fsp3) is 0.588. The van der Waals surface area contributed by atoms with Crippen molar-refractivity contribution < 1.29 is 4.74 Å². The first kappa shape index (κ1) is 15.7. The molecule has 0 heterocycles. The maximum absolute atomic E-state index is 5.17. The van der Waals surface area contributed by atoms with Gasteiger partial charge in [0.15, 0.2) is 5.96 Å². The highest BCUT2D eigenvalue weighted by Crippen LogP contribution is 2.34. The summed E-state index contributed by atoms with van der Waals surface area (Å²) in [6.07, 6.45) is 4.85. The molecule has 4 heteroatoms. The molecule has 0 amide bonds. The molecule has 4 nitrogen and oxygen atoms in total. The highest BCUT2D eigenvalue weighted by Gasteiger charge is 2.36. The van der Waals surface area contributed by atoms with Crippen LogP contribution >= 0.6 is 0 Å². The average molecular weight is 289 g/mol. The van der Waals surface area contributed by atoms with Crippen molar-refractivity contribution in [3.8, 4) is 5.75 Å². The molecular weight excluding hydrogens is 262 g/mol. The highest BCUT2D eigenvalue weighted by atomic mass is 16.5. The molecule has 0 aromatic heterocycles. The Kier molecular flexibility index (Phi) is 5.90. The first-order valence-electron chi connectivity index (χ1n) is 7.87. The molecule has 21 heavy (non-hydrogen) atoms. The van der Waals surface area contributed by atoms with Crippen molar-refractivity contribution in [2.45, 2.75) is 38.6 Å². The number of guanidine groups is 1. The molecule has 116 valence electrons. The Morgan fingerprint density at radius 2 is 2.10 bits per heavy atom. The maximum Gasteiger partial charge on any atom is 0.191 e. The Labute approximate surface area is 128 Å². The SMILES string of the molecule is CCCC1CC1NC(=NC)NCCc1ccc(OC)cc1. The first-order chi connectivity index (χ1) is 10.3. The number of nitrogens with zero attached hydrogens (tertiary/aromatic N) is 1.